The normalized spacial score (nSPS) is 9.13. The molecule has 0 amide bonds. The fourth-order valence-corrected chi connectivity index (χ4v) is 1.34. The van der Waals surface area contributed by atoms with Gasteiger partial charge in [0.1, 0.15) is 6.33 Å². The van der Waals surface area contributed by atoms with E-state index in [1.54, 1.807) is 12.4 Å². The first kappa shape index (κ1) is 9.42. The van der Waals surface area contributed by atoms with E-state index in [1.807, 2.05) is 31.2 Å². The Labute approximate surface area is 89.0 Å². The molecular formula is C13H10N2. The van der Waals surface area contributed by atoms with Gasteiger partial charge in [0.25, 0.3) is 0 Å². The van der Waals surface area contributed by atoms with Gasteiger partial charge < -0.3 is 0 Å². The maximum atomic E-state index is 3.98. The van der Waals surface area contributed by atoms with Gasteiger partial charge >= 0.3 is 0 Å². The van der Waals surface area contributed by atoms with Crippen LogP contribution in [-0.4, -0.2) is 9.97 Å². The molecule has 0 spiro atoms. The Morgan fingerprint density at radius 2 is 1.60 bits per heavy atom. The molecule has 15 heavy (non-hydrogen) atoms. The molecule has 0 aliphatic carbocycles. The van der Waals surface area contributed by atoms with Gasteiger partial charge in [0.05, 0.1) is 0 Å². The minimum atomic E-state index is 1.02. The summed E-state index contributed by atoms with van der Waals surface area (Å²) in [6, 6.07) is 8.05. The van der Waals surface area contributed by atoms with Crippen molar-refractivity contribution >= 4 is 0 Å². The third-order valence-corrected chi connectivity index (χ3v) is 2.05. The lowest BCUT2D eigenvalue weighted by Crippen LogP contribution is -1.82. The van der Waals surface area contributed by atoms with Gasteiger partial charge in [-0.15, -0.1) is 5.92 Å². The lowest BCUT2D eigenvalue weighted by molar-refractivity contribution is 1.17. The monoisotopic (exact) mass is 194 g/mol. The van der Waals surface area contributed by atoms with Crippen molar-refractivity contribution in [1.82, 2.24) is 9.97 Å². The number of rotatable bonds is 1. The summed E-state index contributed by atoms with van der Waals surface area (Å²) in [4.78, 5) is 7.96. The van der Waals surface area contributed by atoms with E-state index in [0.29, 0.717) is 0 Å². The molecule has 0 fully saturated rings. The van der Waals surface area contributed by atoms with Crippen molar-refractivity contribution in [2.75, 3.05) is 0 Å². The number of nitrogens with zero attached hydrogens (tertiary/aromatic N) is 2. The molecule has 0 atom stereocenters. The Kier molecular flexibility index (Phi) is 2.75. The summed E-state index contributed by atoms with van der Waals surface area (Å²) in [7, 11) is 0. The molecule has 0 saturated heterocycles. The van der Waals surface area contributed by atoms with Gasteiger partial charge in [-0.1, -0.05) is 18.1 Å². The molecule has 2 heteroatoms. The third-order valence-electron chi connectivity index (χ3n) is 2.05. The average Bonchev–Trinajstić information content (AvgIpc) is 2.32. The van der Waals surface area contributed by atoms with Gasteiger partial charge in [-0.2, -0.15) is 0 Å². The third kappa shape index (κ3) is 2.21. The standard InChI is InChI=1S/C13H10N2/c1-2-3-11-4-6-12(7-5-11)13-8-14-10-15-9-13/h4-10H,1H3. The van der Waals surface area contributed by atoms with Crippen molar-refractivity contribution in [1.29, 1.82) is 0 Å². The first-order valence-electron chi connectivity index (χ1n) is 4.68. The maximum Gasteiger partial charge on any atom is 0.115 e. The van der Waals surface area contributed by atoms with Crippen LogP contribution in [0.4, 0.5) is 0 Å². The Hall–Kier alpha value is -2.14. The summed E-state index contributed by atoms with van der Waals surface area (Å²) >= 11 is 0. The van der Waals surface area contributed by atoms with Crippen LogP contribution in [0.25, 0.3) is 11.1 Å². The van der Waals surface area contributed by atoms with E-state index in [0.717, 1.165) is 16.7 Å². The highest BCUT2D eigenvalue weighted by atomic mass is 14.8. The second-order valence-corrected chi connectivity index (χ2v) is 3.08. The van der Waals surface area contributed by atoms with Crippen LogP contribution in [0.15, 0.2) is 43.0 Å². The maximum absolute atomic E-state index is 3.98. The number of hydrogen-bond acceptors (Lipinski definition) is 2. The molecule has 0 saturated carbocycles. The quantitative estimate of drug-likeness (QED) is 0.652. The molecular weight excluding hydrogens is 184 g/mol. The molecule has 2 aromatic rings. The Balaban J connectivity index is 2.35. The van der Waals surface area contributed by atoms with Crippen LogP contribution in [0.3, 0.4) is 0 Å². The van der Waals surface area contributed by atoms with E-state index < -0.39 is 0 Å². The van der Waals surface area contributed by atoms with Crippen molar-refractivity contribution in [2.24, 2.45) is 0 Å². The first-order chi connectivity index (χ1) is 7.40. The summed E-state index contributed by atoms with van der Waals surface area (Å²) in [5.41, 5.74) is 3.16. The van der Waals surface area contributed by atoms with Crippen LogP contribution in [-0.2, 0) is 0 Å². The predicted molar refractivity (Wildman–Crippen MR) is 60.0 cm³/mol. The molecule has 0 N–H and O–H groups in total. The molecule has 0 aliphatic rings. The van der Waals surface area contributed by atoms with E-state index in [9.17, 15) is 0 Å². The number of aromatic nitrogens is 2. The number of hydrogen-bond donors (Lipinski definition) is 0. The fourth-order valence-electron chi connectivity index (χ4n) is 1.34. The summed E-state index contributed by atoms with van der Waals surface area (Å²) in [6.45, 7) is 1.83. The smallest absolute Gasteiger partial charge is 0.115 e. The second-order valence-electron chi connectivity index (χ2n) is 3.08. The SMILES string of the molecule is CC#Cc1ccc(-c2cncnc2)cc1. The van der Waals surface area contributed by atoms with Crippen LogP contribution in [0.1, 0.15) is 12.5 Å². The van der Waals surface area contributed by atoms with Crippen LogP contribution in [0.5, 0.6) is 0 Å². The molecule has 0 radical (unpaired) electrons. The van der Waals surface area contributed by atoms with Gasteiger partial charge in [0.15, 0.2) is 0 Å². The van der Waals surface area contributed by atoms with Crippen molar-refractivity contribution in [3.63, 3.8) is 0 Å². The van der Waals surface area contributed by atoms with Crippen LogP contribution in [0, 0.1) is 11.8 Å². The van der Waals surface area contributed by atoms with Gasteiger partial charge in [0.2, 0.25) is 0 Å². The van der Waals surface area contributed by atoms with E-state index in [-0.39, 0.29) is 0 Å². The zero-order valence-corrected chi connectivity index (χ0v) is 8.44. The highest BCUT2D eigenvalue weighted by Crippen LogP contribution is 2.16. The van der Waals surface area contributed by atoms with E-state index in [4.69, 9.17) is 0 Å². The van der Waals surface area contributed by atoms with E-state index >= 15 is 0 Å². The van der Waals surface area contributed by atoms with Gasteiger partial charge in [-0.25, -0.2) is 9.97 Å². The topological polar surface area (TPSA) is 25.8 Å². The van der Waals surface area contributed by atoms with Crippen molar-refractivity contribution in [3.05, 3.63) is 48.5 Å². The summed E-state index contributed by atoms with van der Waals surface area (Å²) in [5.74, 6) is 5.87. The van der Waals surface area contributed by atoms with Gasteiger partial charge in [0, 0.05) is 23.5 Å². The fraction of sp³-hybridized carbons (Fsp3) is 0.0769. The molecule has 0 bridgehead atoms. The minimum absolute atomic E-state index is 1.02. The summed E-state index contributed by atoms with van der Waals surface area (Å²) < 4.78 is 0. The molecule has 72 valence electrons. The average molecular weight is 194 g/mol. The number of benzene rings is 1. The largest absolute Gasteiger partial charge is 0.244 e. The molecule has 1 heterocycles. The first-order valence-corrected chi connectivity index (χ1v) is 4.68. The molecule has 0 aliphatic heterocycles. The van der Waals surface area contributed by atoms with Crippen LogP contribution in [0.2, 0.25) is 0 Å². The van der Waals surface area contributed by atoms with E-state index in [2.05, 4.69) is 21.8 Å². The molecule has 0 unspecified atom stereocenters. The Bertz CT molecular complexity index is 490. The predicted octanol–water partition coefficient (Wildman–Crippen LogP) is 2.52. The van der Waals surface area contributed by atoms with Crippen LogP contribution >= 0.6 is 0 Å². The Morgan fingerprint density at radius 1 is 0.933 bits per heavy atom. The van der Waals surface area contributed by atoms with E-state index in [1.165, 1.54) is 6.33 Å². The van der Waals surface area contributed by atoms with Gasteiger partial charge in [-0.05, 0) is 24.6 Å². The summed E-state index contributed by atoms with van der Waals surface area (Å²) in [6.07, 6.45) is 5.13. The summed E-state index contributed by atoms with van der Waals surface area (Å²) in [5, 5.41) is 0. The molecule has 1 aromatic carbocycles. The zero-order chi connectivity index (χ0) is 10.5. The Morgan fingerprint density at radius 3 is 2.20 bits per heavy atom. The van der Waals surface area contributed by atoms with Crippen molar-refractivity contribution in [2.45, 2.75) is 6.92 Å². The highest BCUT2D eigenvalue weighted by molar-refractivity contribution is 5.62. The molecule has 2 rings (SSSR count). The van der Waals surface area contributed by atoms with Crippen molar-refractivity contribution < 1.29 is 0 Å². The molecule has 2 nitrogen and oxygen atoms in total. The molecule has 1 aromatic heterocycles. The van der Waals surface area contributed by atoms with Crippen LogP contribution < -0.4 is 0 Å². The van der Waals surface area contributed by atoms with Gasteiger partial charge in [-0.3, -0.25) is 0 Å². The van der Waals surface area contributed by atoms with Crippen molar-refractivity contribution in [3.8, 4) is 23.0 Å². The minimum Gasteiger partial charge on any atom is -0.244 e. The lowest BCUT2D eigenvalue weighted by atomic mass is 10.1. The second kappa shape index (κ2) is 4.39. The zero-order valence-electron chi connectivity index (χ0n) is 8.44. The highest BCUT2D eigenvalue weighted by Gasteiger charge is 1.96. The lowest BCUT2D eigenvalue weighted by Gasteiger charge is -1.99.